The number of rotatable bonds is 6. The van der Waals surface area contributed by atoms with Crippen molar-refractivity contribution >= 4 is 21.4 Å². The molecule has 2 heterocycles. The van der Waals surface area contributed by atoms with Crippen molar-refractivity contribution in [3.8, 4) is 0 Å². The van der Waals surface area contributed by atoms with Crippen molar-refractivity contribution in [2.75, 3.05) is 51.3 Å². The highest BCUT2D eigenvalue weighted by atomic mass is 32.2. The zero-order valence-corrected chi connectivity index (χ0v) is 15.6. The topological polar surface area (TPSA) is 105 Å². The third-order valence-corrected chi connectivity index (χ3v) is 6.33. The number of hydrogen-bond donors (Lipinski definition) is 1. The zero-order valence-electron chi connectivity index (χ0n) is 14.8. The Morgan fingerprint density at radius 3 is 2.62 bits per heavy atom. The van der Waals surface area contributed by atoms with Crippen LogP contribution in [0.25, 0.3) is 0 Å². The van der Waals surface area contributed by atoms with Crippen molar-refractivity contribution in [1.29, 1.82) is 0 Å². The first-order chi connectivity index (χ1) is 12.4. The van der Waals surface area contributed by atoms with Crippen LogP contribution in [0.4, 0.5) is 11.4 Å². The summed E-state index contributed by atoms with van der Waals surface area (Å²) >= 11 is 0. The minimum absolute atomic E-state index is 0.104. The lowest BCUT2D eigenvalue weighted by Gasteiger charge is -2.36. The summed E-state index contributed by atoms with van der Waals surface area (Å²) in [4.78, 5) is 15.1. The molecule has 1 aromatic rings. The summed E-state index contributed by atoms with van der Waals surface area (Å²) < 4.78 is 31.7. The Morgan fingerprint density at radius 1 is 1.31 bits per heavy atom. The number of ether oxygens (including phenoxy) is 1. The fourth-order valence-electron chi connectivity index (χ4n) is 3.45. The molecule has 0 amide bonds. The number of nitro groups is 1. The van der Waals surface area contributed by atoms with Gasteiger partial charge in [-0.3, -0.25) is 15.0 Å². The van der Waals surface area contributed by atoms with E-state index in [0.717, 1.165) is 45.1 Å². The molecule has 2 saturated heterocycles. The van der Waals surface area contributed by atoms with Crippen LogP contribution in [0.3, 0.4) is 0 Å². The number of nitrogens with one attached hydrogen (secondary N) is 1. The van der Waals surface area contributed by atoms with Crippen LogP contribution in [-0.2, 0) is 14.8 Å². The molecule has 0 bridgehead atoms. The average Bonchev–Trinajstić information content (AvgIpc) is 3.15. The summed E-state index contributed by atoms with van der Waals surface area (Å²) in [5.74, 6) is 0. The van der Waals surface area contributed by atoms with E-state index in [-0.39, 0.29) is 10.6 Å². The lowest BCUT2D eigenvalue weighted by atomic mass is 10.2. The Kier molecular flexibility index (Phi) is 5.76. The van der Waals surface area contributed by atoms with E-state index >= 15 is 0 Å². The van der Waals surface area contributed by atoms with E-state index in [9.17, 15) is 18.5 Å². The quantitative estimate of drug-likeness (QED) is 0.571. The van der Waals surface area contributed by atoms with Crippen LogP contribution in [-0.4, -0.2) is 70.7 Å². The van der Waals surface area contributed by atoms with Gasteiger partial charge in [0.2, 0.25) is 10.0 Å². The molecule has 2 fully saturated rings. The molecule has 0 aliphatic carbocycles. The smallest absolute Gasteiger partial charge is 0.293 e. The maximum absolute atomic E-state index is 11.9. The van der Waals surface area contributed by atoms with Gasteiger partial charge >= 0.3 is 0 Å². The molecule has 9 nitrogen and oxygen atoms in total. The van der Waals surface area contributed by atoms with Gasteiger partial charge in [-0.2, -0.15) is 0 Å². The summed E-state index contributed by atoms with van der Waals surface area (Å²) in [5, 5.41) is 11.5. The lowest BCUT2D eigenvalue weighted by molar-refractivity contribution is -0.384. The van der Waals surface area contributed by atoms with Crippen molar-refractivity contribution in [3.05, 3.63) is 28.3 Å². The molecule has 0 radical (unpaired) electrons. The summed E-state index contributed by atoms with van der Waals surface area (Å²) in [6.07, 6.45) is 2.49. The summed E-state index contributed by atoms with van der Waals surface area (Å²) in [6.45, 7) is 4.65. The molecule has 1 aromatic carbocycles. The molecule has 0 saturated carbocycles. The SMILES string of the molecule is CNS(=O)(=O)c1ccc(N2CCN(CC3CCCO3)CC2)c([N+](=O)[O-])c1. The Balaban J connectivity index is 1.72. The highest BCUT2D eigenvalue weighted by Gasteiger charge is 2.27. The van der Waals surface area contributed by atoms with Gasteiger partial charge < -0.3 is 9.64 Å². The van der Waals surface area contributed by atoms with Gasteiger partial charge in [-0.25, -0.2) is 13.1 Å². The standard InChI is InChI=1S/C16H24N4O5S/c1-17-26(23,24)14-4-5-15(16(11-14)20(21)22)19-8-6-18(7-9-19)12-13-3-2-10-25-13/h4-5,11,13,17H,2-3,6-10,12H2,1H3. The maximum atomic E-state index is 11.9. The Bertz CT molecular complexity index is 756. The van der Waals surface area contributed by atoms with Crippen molar-refractivity contribution in [1.82, 2.24) is 9.62 Å². The fourth-order valence-corrected chi connectivity index (χ4v) is 4.20. The first-order valence-corrected chi connectivity index (χ1v) is 10.2. The highest BCUT2D eigenvalue weighted by Crippen LogP contribution is 2.31. The van der Waals surface area contributed by atoms with Gasteiger partial charge in [0, 0.05) is 45.4 Å². The van der Waals surface area contributed by atoms with Crippen molar-refractivity contribution in [3.63, 3.8) is 0 Å². The van der Waals surface area contributed by atoms with Gasteiger partial charge in [0.25, 0.3) is 5.69 Å². The number of sulfonamides is 1. The zero-order chi connectivity index (χ0) is 18.7. The third kappa shape index (κ3) is 4.14. The number of nitro benzene ring substituents is 1. The second-order valence-electron chi connectivity index (χ2n) is 6.54. The van der Waals surface area contributed by atoms with Gasteiger partial charge in [-0.1, -0.05) is 0 Å². The van der Waals surface area contributed by atoms with Crippen LogP contribution in [0.5, 0.6) is 0 Å². The molecule has 10 heteroatoms. The number of nitrogens with zero attached hydrogens (tertiary/aromatic N) is 3. The Labute approximate surface area is 153 Å². The highest BCUT2D eigenvalue weighted by molar-refractivity contribution is 7.89. The second-order valence-corrected chi connectivity index (χ2v) is 8.42. The Hall–Kier alpha value is -1.75. The molecule has 1 N–H and O–H groups in total. The molecule has 1 unspecified atom stereocenters. The molecule has 0 aromatic heterocycles. The number of hydrogen-bond acceptors (Lipinski definition) is 7. The van der Waals surface area contributed by atoms with Crippen LogP contribution in [0.15, 0.2) is 23.1 Å². The van der Waals surface area contributed by atoms with E-state index in [1.54, 1.807) is 0 Å². The number of piperazine rings is 1. The lowest BCUT2D eigenvalue weighted by Crippen LogP contribution is -2.48. The van der Waals surface area contributed by atoms with E-state index in [4.69, 9.17) is 4.74 Å². The van der Waals surface area contributed by atoms with E-state index in [0.29, 0.717) is 24.9 Å². The molecular weight excluding hydrogens is 360 g/mol. The largest absolute Gasteiger partial charge is 0.377 e. The first kappa shape index (κ1) is 19.0. The molecule has 2 aliphatic rings. The van der Waals surface area contributed by atoms with Crippen molar-refractivity contribution in [2.24, 2.45) is 0 Å². The van der Waals surface area contributed by atoms with E-state index < -0.39 is 14.9 Å². The summed E-state index contributed by atoms with van der Waals surface area (Å²) in [7, 11) is -2.44. The third-order valence-electron chi connectivity index (χ3n) is 4.92. The molecular formula is C16H24N4O5S. The molecule has 0 spiro atoms. The van der Waals surface area contributed by atoms with Gasteiger partial charge in [0.05, 0.1) is 15.9 Å². The fraction of sp³-hybridized carbons (Fsp3) is 0.625. The monoisotopic (exact) mass is 384 g/mol. The van der Waals surface area contributed by atoms with Gasteiger partial charge in [-0.15, -0.1) is 0 Å². The minimum Gasteiger partial charge on any atom is -0.377 e. The van der Waals surface area contributed by atoms with Gasteiger partial charge in [0.15, 0.2) is 0 Å². The molecule has 1 atom stereocenters. The van der Waals surface area contributed by atoms with Gasteiger partial charge in [0.1, 0.15) is 5.69 Å². The van der Waals surface area contributed by atoms with E-state index in [1.165, 1.54) is 19.2 Å². The van der Waals surface area contributed by atoms with E-state index in [1.807, 2.05) is 4.90 Å². The van der Waals surface area contributed by atoms with Crippen molar-refractivity contribution in [2.45, 2.75) is 23.8 Å². The van der Waals surface area contributed by atoms with E-state index in [2.05, 4.69) is 9.62 Å². The number of anilines is 1. The summed E-state index contributed by atoms with van der Waals surface area (Å²) in [5.41, 5.74) is 0.274. The second kappa shape index (κ2) is 7.87. The summed E-state index contributed by atoms with van der Waals surface area (Å²) in [6, 6.07) is 4.06. The maximum Gasteiger partial charge on any atom is 0.293 e. The predicted molar refractivity (Wildman–Crippen MR) is 97.0 cm³/mol. The molecule has 3 rings (SSSR count). The van der Waals surface area contributed by atoms with Crippen LogP contribution in [0, 0.1) is 10.1 Å². The average molecular weight is 384 g/mol. The Morgan fingerprint density at radius 2 is 2.04 bits per heavy atom. The minimum atomic E-state index is -3.72. The molecule has 26 heavy (non-hydrogen) atoms. The number of benzene rings is 1. The first-order valence-electron chi connectivity index (χ1n) is 8.71. The van der Waals surface area contributed by atoms with Crippen LogP contribution in [0.1, 0.15) is 12.8 Å². The van der Waals surface area contributed by atoms with Crippen molar-refractivity contribution < 1.29 is 18.1 Å². The van der Waals surface area contributed by atoms with Crippen LogP contribution >= 0.6 is 0 Å². The van der Waals surface area contributed by atoms with Crippen LogP contribution < -0.4 is 9.62 Å². The molecule has 144 valence electrons. The van der Waals surface area contributed by atoms with Gasteiger partial charge in [-0.05, 0) is 32.0 Å². The van der Waals surface area contributed by atoms with Crippen LogP contribution in [0.2, 0.25) is 0 Å². The molecule has 2 aliphatic heterocycles. The normalized spacial score (nSPS) is 21.9. The predicted octanol–water partition coefficient (Wildman–Crippen LogP) is 0.804.